The van der Waals surface area contributed by atoms with Gasteiger partial charge in [-0.2, -0.15) is 0 Å². The van der Waals surface area contributed by atoms with Crippen molar-refractivity contribution < 1.29 is 14.2 Å². The molecule has 0 bridgehead atoms. The van der Waals surface area contributed by atoms with Crippen molar-refractivity contribution in [3.63, 3.8) is 0 Å². The van der Waals surface area contributed by atoms with Crippen molar-refractivity contribution in [1.82, 2.24) is 0 Å². The molecular weight excluding hydrogens is 456 g/mol. The van der Waals surface area contributed by atoms with Gasteiger partial charge in [0.2, 0.25) is 6.29 Å². The molecule has 0 fully saturated rings. The van der Waals surface area contributed by atoms with E-state index in [4.69, 9.17) is 14.2 Å². The first-order chi connectivity index (χ1) is 16.7. The monoisotopic (exact) mass is 508 g/mol. The highest BCUT2D eigenvalue weighted by molar-refractivity contribution is 5.86. The Morgan fingerprint density at radius 3 is 1.41 bits per heavy atom. The van der Waals surface area contributed by atoms with E-state index in [0.29, 0.717) is 13.2 Å². The zero-order valence-electron chi connectivity index (χ0n) is 26.4. The molecule has 3 rings (SSSR count). The van der Waals surface area contributed by atoms with Crippen LogP contribution in [0.2, 0.25) is 0 Å². The van der Waals surface area contributed by atoms with E-state index in [9.17, 15) is 0 Å². The molecule has 1 heterocycles. The van der Waals surface area contributed by atoms with Crippen LogP contribution in [-0.2, 0) is 26.4 Å². The number of rotatable bonds is 2. The Hall–Kier alpha value is -2.00. The number of hydrogen-bond acceptors (Lipinski definition) is 3. The predicted molar refractivity (Wildman–Crippen MR) is 158 cm³/mol. The fourth-order valence-corrected chi connectivity index (χ4v) is 5.65. The van der Waals surface area contributed by atoms with Gasteiger partial charge in [0.25, 0.3) is 0 Å². The van der Waals surface area contributed by atoms with Gasteiger partial charge in [0, 0.05) is 28.9 Å². The van der Waals surface area contributed by atoms with Crippen LogP contribution in [0.1, 0.15) is 123 Å². The van der Waals surface area contributed by atoms with Crippen molar-refractivity contribution in [2.24, 2.45) is 0 Å². The van der Waals surface area contributed by atoms with Crippen molar-refractivity contribution in [1.29, 1.82) is 0 Å². The van der Waals surface area contributed by atoms with Gasteiger partial charge in [-0.25, -0.2) is 0 Å². The Balaban J connectivity index is 2.67. The molecule has 3 nitrogen and oxygen atoms in total. The molecule has 206 valence electrons. The number of fused-ring (bicyclic) bond motifs is 3. The molecule has 1 atom stereocenters. The Kier molecular flexibility index (Phi) is 7.69. The van der Waals surface area contributed by atoms with Crippen LogP contribution >= 0.6 is 0 Å². The maximum absolute atomic E-state index is 6.80. The second-order valence-corrected chi connectivity index (χ2v) is 14.9. The van der Waals surface area contributed by atoms with E-state index in [0.717, 1.165) is 17.1 Å². The first-order valence-electron chi connectivity index (χ1n) is 14.0. The van der Waals surface area contributed by atoms with Gasteiger partial charge in [0.1, 0.15) is 11.5 Å². The molecule has 0 saturated carbocycles. The lowest BCUT2D eigenvalue weighted by atomic mass is 9.72. The highest BCUT2D eigenvalue weighted by Crippen LogP contribution is 2.53. The zero-order chi connectivity index (χ0) is 28.3. The molecule has 1 unspecified atom stereocenters. The van der Waals surface area contributed by atoms with E-state index >= 15 is 0 Å². The second-order valence-electron chi connectivity index (χ2n) is 14.9. The maximum atomic E-state index is 6.80. The summed E-state index contributed by atoms with van der Waals surface area (Å²) in [4.78, 5) is 0. The molecule has 0 radical (unpaired) electrons. The minimum atomic E-state index is -0.478. The van der Waals surface area contributed by atoms with E-state index in [1.165, 1.54) is 38.9 Å². The SMILES string of the molecule is CCOC1COc2c(C(C)(C)C)cc(C(C)(C)C)c(C)c2-c2c(C)c(C(C)(C)C)cc(C(C)(C)C)c2O1. The van der Waals surface area contributed by atoms with Crippen molar-refractivity contribution in [2.45, 2.75) is 132 Å². The highest BCUT2D eigenvalue weighted by Gasteiger charge is 2.37. The molecule has 0 aliphatic carbocycles. The average Bonchev–Trinajstić information content (AvgIpc) is 2.67. The Labute approximate surface area is 227 Å². The Morgan fingerprint density at radius 2 is 1.03 bits per heavy atom. The quantitative estimate of drug-likeness (QED) is 0.404. The third-order valence-corrected chi connectivity index (χ3v) is 7.53. The summed E-state index contributed by atoms with van der Waals surface area (Å²) in [5.41, 5.74) is 9.76. The van der Waals surface area contributed by atoms with Gasteiger partial charge in [0.05, 0.1) is 0 Å². The summed E-state index contributed by atoms with van der Waals surface area (Å²) in [6, 6.07) is 4.77. The lowest BCUT2D eigenvalue weighted by Crippen LogP contribution is -2.33. The summed E-state index contributed by atoms with van der Waals surface area (Å²) in [7, 11) is 0. The van der Waals surface area contributed by atoms with Crippen LogP contribution in [0.3, 0.4) is 0 Å². The van der Waals surface area contributed by atoms with E-state index in [2.05, 4.69) is 109 Å². The maximum Gasteiger partial charge on any atom is 0.234 e. The lowest BCUT2D eigenvalue weighted by Gasteiger charge is -2.38. The second kappa shape index (κ2) is 9.63. The van der Waals surface area contributed by atoms with E-state index in [-0.39, 0.29) is 21.7 Å². The number of benzene rings is 2. The molecule has 3 heteroatoms. The molecule has 37 heavy (non-hydrogen) atoms. The van der Waals surface area contributed by atoms with Crippen LogP contribution < -0.4 is 9.47 Å². The van der Waals surface area contributed by atoms with Crippen LogP contribution in [0, 0.1) is 13.8 Å². The van der Waals surface area contributed by atoms with Gasteiger partial charge >= 0.3 is 0 Å². The fraction of sp³-hybridized carbons (Fsp3) is 0.647. The molecule has 0 spiro atoms. The van der Waals surface area contributed by atoms with Gasteiger partial charge < -0.3 is 14.2 Å². The van der Waals surface area contributed by atoms with E-state index in [1.54, 1.807) is 0 Å². The molecular formula is C34H52O3. The van der Waals surface area contributed by atoms with Crippen LogP contribution in [0.4, 0.5) is 0 Å². The number of ether oxygens (including phenoxy) is 3. The summed E-state index contributed by atoms with van der Waals surface area (Å²) < 4.78 is 19.6. The van der Waals surface area contributed by atoms with Crippen molar-refractivity contribution in [3.8, 4) is 22.6 Å². The molecule has 0 saturated heterocycles. The standard InChI is InChI=1S/C34H52O3/c1-16-35-26-19-36-29-24(33(10,11)12)17-22(31(4,5)6)20(2)27(29)28-21(3)23(32(7,8)9)18-25(30(28)37-26)34(13,14)15/h17-18,26H,16,19H2,1-15H3. The Morgan fingerprint density at radius 1 is 0.649 bits per heavy atom. The van der Waals surface area contributed by atoms with E-state index in [1.807, 2.05) is 6.92 Å². The Bertz CT molecular complexity index is 1160. The van der Waals surface area contributed by atoms with Crippen molar-refractivity contribution >= 4 is 0 Å². The smallest absolute Gasteiger partial charge is 0.234 e. The molecule has 1 aliphatic rings. The van der Waals surface area contributed by atoms with Crippen LogP contribution in [0.25, 0.3) is 11.1 Å². The predicted octanol–water partition coefficient (Wildman–Crippen LogP) is 9.29. The van der Waals surface area contributed by atoms with Crippen LogP contribution in [0.5, 0.6) is 11.5 Å². The molecule has 0 aromatic heterocycles. The summed E-state index contributed by atoms with van der Waals surface area (Å²) in [6.07, 6.45) is -0.478. The van der Waals surface area contributed by atoms with Gasteiger partial charge in [-0.15, -0.1) is 0 Å². The van der Waals surface area contributed by atoms with Gasteiger partial charge in [-0.1, -0.05) is 95.2 Å². The van der Waals surface area contributed by atoms with Gasteiger partial charge in [-0.05, 0) is 64.7 Å². The lowest BCUT2D eigenvalue weighted by molar-refractivity contribution is -0.0986. The third kappa shape index (κ3) is 5.72. The van der Waals surface area contributed by atoms with E-state index < -0.39 is 6.29 Å². The summed E-state index contributed by atoms with van der Waals surface area (Å²) in [5, 5.41) is 0. The molecule has 1 aliphatic heterocycles. The minimum absolute atomic E-state index is 0.0151. The van der Waals surface area contributed by atoms with Gasteiger partial charge in [-0.3, -0.25) is 0 Å². The first kappa shape index (κ1) is 29.6. The summed E-state index contributed by atoms with van der Waals surface area (Å²) in [6.45, 7) is 34.9. The molecule has 2 aromatic carbocycles. The molecule has 0 amide bonds. The van der Waals surface area contributed by atoms with Gasteiger partial charge in [0.15, 0.2) is 6.61 Å². The molecule has 0 N–H and O–H groups in total. The van der Waals surface area contributed by atoms with Crippen LogP contribution in [-0.4, -0.2) is 19.5 Å². The zero-order valence-corrected chi connectivity index (χ0v) is 26.4. The fourth-order valence-electron chi connectivity index (χ4n) is 5.65. The third-order valence-electron chi connectivity index (χ3n) is 7.53. The van der Waals surface area contributed by atoms with Crippen molar-refractivity contribution in [3.05, 3.63) is 45.5 Å². The first-order valence-corrected chi connectivity index (χ1v) is 14.0. The molecule has 2 aromatic rings. The topological polar surface area (TPSA) is 27.7 Å². The normalized spacial score (nSPS) is 16.8. The average molecular weight is 509 g/mol. The highest BCUT2D eigenvalue weighted by atomic mass is 16.7. The van der Waals surface area contributed by atoms with Crippen molar-refractivity contribution in [2.75, 3.05) is 13.2 Å². The largest absolute Gasteiger partial charge is 0.486 e. The number of hydrogen-bond donors (Lipinski definition) is 0. The summed E-state index contributed by atoms with van der Waals surface area (Å²) in [5.74, 6) is 1.91. The van der Waals surface area contributed by atoms with Crippen LogP contribution in [0.15, 0.2) is 12.1 Å². The minimum Gasteiger partial charge on any atom is -0.486 e. The summed E-state index contributed by atoms with van der Waals surface area (Å²) >= 11 is 0.